The van der Waals surface area contributed by atoms with Crippen LogP contribution in [0.15, 0.2) is 42.5 Å². The van der Waals surface area contributed by atoms with Crippen LogP contribution >= 0.6 is 22.6 Å². The van der Waals surface area contributed by atoms with Crippen LogP contribution in [0.3, 0.4) is 0 Å². The molecule has 0 radical (unpaired) electrons. The van der Waals surface area contributed by atoms with Crippen LogP contribution in [-0.2, 0) is 19.5 Å². The van der Waals surface area contributed by atoms with Gasteiger partial charge in [-0.2, -0.15) is 0 Å². The van der Waals surface area contributed by atoms with Crippen molar-refractivity contribution in [1.29, 1.82) is 0 Å². The molecule has 2 nitrogen and oxygen atoms in total. The lowest BCUT2D eigenvalue weighted by atomic mass is 10.1. The first-order valence-electron chi connectivity index (χ1n) is 6.22. The fourth-order valence-electron chi connectivity index (χ4n) is 2.42. The second kappa shape index (κ2) is 5.36. The summed E-state index contributed by atoms with van der Waals surface area (Å²) >= 11 is 2.29. The highest BCUT2D eigenvalue weighted by Gasteiger charge is 2.17. The molecule has 2 heterocycles. The molecule has 3 heteroatoms. The van der Waals surface area contributed by atoms with Crippen LogP contribution in [0, 0.1) is 3.70 Å². The van der Waals surface area contributed by atoms with E-state index in [1.165, 1.54) is 16.8 Å². The van der Waals surface area contributed by atoms with Crippen molar-refractivity contribution in [1.82, 2.24) is 9.88 Å². The van der Waals surface area contributed by atoms with Gasteiger partial charge in [0.15, 0.2) is 0 Å². The topological polar surface area (TPSA) is 16.1 Å². The maximum Gasteiger partial charge on any atom is 0.101 e. The van der Waals surface area contributed by atoms with Gasteiger partial charge in [0.25, 0.3) is 0 Å². The minimum atomic E-state index is 1.02. The largest absolute Gasteiger partial charge is 0.294 e. The van der Waals surface area contributed by atoms with Crippen molar-refractivity contribution in [2.45, 2.75) is 19.5 Å². The maximum atomic E-state index is 4.62. The minimum Gasteiger partial charge on any atom is -0.294 e. The van der Waals surface area contributed by atoms with Crippen molar-refractivity contribution in [2.24, 2.45) is 0 Å². The van der Waals surface area contributed by atoms with E-state index >= 15 is 0 Å². The van der Waals surface area contributed by atoms with Crippen molar-refractivity contribution in [2.75, 3.05) is 6.54 Å². The molecule has 0 spiro atoms. The molecule has 0 fully saturated rings. The average Bonchev–Trinajstić information content (AvgIpc) is 2.40. The summed E-state index contributed by atoms with van der Waals surface area (Å²) in [7, 11) is 0. The van der Waals surface area contributed by atoms with Gasteiger partial charge in [-0.15, -0.1) is 0 Å². The number of rotatable bonds is 2. The van der Waals surface area contributed by atoms with Gasteiger partial charge in [0.05, 0.1) is 0 Å². The van der Waals surface area contributed by atoms with E-state index in [2.05, 4.69) is 74.9 Å². The minimum absolute atomic E-state index is 1.02. The maximum absolute atomic E-state index is 4.62. The van der Waals surface area contributed by atoms with E-state index in [0.717, 1.165) is 29.8 Å². The highest BCUT2D eigenvalue weighted by molar-refractivity contribution is 14.1. The Hall–Kier alpha value is -0.940. The van der Waals surface area contributed by atoms with Crippen molar-refractivity contribution in [3.8, 4) is 0 Å². The zero-order valence-electron chi connectivity index (χ0n) is 10.1. The van der Waals surface area contributed by atoms with Gasteiger partial charge in [-0.1, -0.05) is 36.4 Å². The summed E-state index contributed by atoms with van der Waals surface area (Å²) in [6.45, 7) is 3.16. The van der Waals surface area contributed by atoms with E-state index < -0.39 is 0 Å². The van der Waals surface area contributed by atoms with E-state index in [1.54, 1.807) is 0 Å². The number of aromatic nitrogens is 1. The Morgan fingerprint density at radius 1 is 1.11 bits per heavy atom. The number of pyridine rings is 1. The third kappa shape index (κ3) is 2.72. The molecular formula is C15H15IN2. The lowest BCUT2D eigenvalue weighted by Gasteiger charge is -2.28. The van der Waals surface area contributed by atoms with E-state index in [9.17, 15) is 0 Å². The normalized spacial score (nSPS) is 15.4. The smallest absolute Gasteiger partial charge is 0.101 e. The van der Waals surface area contributed by atoms with Crippen LogP contribution in [0.25, 0.3) is 0 Å². The molecule has 3 rings (SSSR count). The van der Waals surface area contributed by atoms with Crippen LogP contribution in [0.4, 0.5) is 0 Å². The Morgan fingerprint density at radius 3 is 2.78 bits per heavy atom. The Bertz CT molecular complexity index is 539. The Balaban J connectivity index is 1.73. The van der Waals surface area contributed by atoms with Crippen molar-refractivity contribution in [3.63, 3.8) is 0 Å². The van der Waals surface area contributed by atoms with Crippen molar-refractivity contribution >= 4 is 22.6 Å². The predicted molar refractivity (Wildman–Crippen MR) is 81.2 cm³/mol. The second-order valence-corrected chi connectivity index (χ2v) is 5.79. The van der Waals surface area contributed by atoms with Gasteiger partial charge >= 0.3 is 0 Å². The van der Waals surface area contributed by atoms with E-state index in [-0.39, 0.29) is 0 Å². The van der Waals surface area contributed by atoms with Gasteiger partial charge in [-0.25, -0.2) is 4.98 Å². The first-order chi connectivity index (χ1) is 8.81. The summed E-state index contributed by atoms with van der Waals surface area (Å²) in [5.74, 6) is 0. The molecule has 1 aliphatic rings. The van der Waals surface area contributed by atoms with Crippen LogP contribution in [0.1, 0.15) is 16.8 Å². The fraction of sp³-hybridized carbons (Fsp3) is 0.267. The molecule has 0 unspecified atom stereocenters. The van der Waals surface area contributed by atoms with Gasteiger partial charge in [0.2, 0.25) is 0 Å². The molecule has 1 aliphatic heterocycles. The molecule has 0 amide bonds. The lowest BCUT2D eigenvalue weighted by molar-refractivity contribution is 0.243. The number of benzene rings is 1. The average molecular weight is 350 g/mol. The monoisotopic (exact) mass is 350 g/mol. The van der Waals surface area contributed by atoms with Gasteiger partial charge in [-0.05, 0) is 39.8 Å². The number of halogens is 1. The molecule has 18 heavy (non-hydrogen) atoms. The molecular weight excluding hydrogens is 335 g/mol. The van der Waals surface area contributed by atoms with Gasteiger partial charge < -0.3 is 0 Å². The lowest BCUT2D eigenvalue weighted by Crippen LogP contribution is -2.30. The van der Waals surface area contributed by atoms with Gasteiger partial charge in [-0.3, -0.25) is 4.90 Å². The third-order valence-corrected chi connectivity index (χ3v) is 3.94. The standard InChI is InChI=1S/C15H15IN2/c16-15-7-6-13-11-18(9-8-14(13)17-15)10-12-4-2-1-3-5-12/h1-7H,8-11H2. The Labute approximate surface area is 121 Å². The number of fused-ring (bicyclic) bond motifs is 1. The molecule has 0 aliphatic carbocycles. The first kappa shape index (κ1) is 12.1. The third-order valence-electron chi connectivity index (χ3n) is 3.34. The van der Waals surface area contributed by atoms with Crippen LogP contribution in [0.2, 0.25) is 0 Å². The van der Waals surface area contributed by atoms with Gasteiger partial charge in [0.1, 0.15) is 3.70 Å². The summed E-state index contributed by atoms with van der Waals surface area (Å²) in [6.07, 6.45) is 1.07. The molecule has 1 aromatic heterocycles. The molecule has 1 aromatic carbocycles. The van der Waals surface area contributed by atoms with Crippen LogP contribution in [0.5, 0.6) is 0 Å². The molecule has 0 atom stereocenters. The van der Waals surface area contributed by atoms with Crippen LogP contribution < -0.4 is 0 Å². The zero-order chi connectivity index (χ0) is 12.4. The molecule has 0 saturated heterocycles. The van der Waals surface area contributed by atoms with Crippen molar-refractivity contribution in [3.05, 3.63) is 63.0 Å². The van der Waals surface area contributed by atoms with Crippen LogP contribution in [-0.4, -0.2) is 16.4 Å². The van der Waals surface area contributed by atoms with E-state index in [4.69, 9.17) is 0 Å². The second-order valence-electron chi connectivity index (χ2n) is 4.69. The Kier molecular flexibility index (Phi) is 3.61. The number of nitrogens with zero attached hydrogens (tertiary/aromatic N) is 2. The molecule has 0 bridgehead atoms. The predicted octanol–water partition coefficient (Wildman–Crippen LogP) is 3.24. The molecule has 92 valence electrons. The molecule has 0 saturated carbocycles. The Morgan fingerprint density at radius 2 is 1.94 bits per heavy atom. The summed E-state index contributed by atoms with van der Waals surface area (Å²) in [5.41, 5.74) is 4.06. The SMILES string of the molecule is Ic1ccc2c(n1)CCN(Cc1ccccc1)C2. The summed E-state index contributed by atoms with van der Waals surface area (Å²) in [6, 6.07) is 15.0. The molecule has 2 aromatic rings. The number of hydrogen-bond acceptors (Lipinski definition) is 2. The highest BCUT2D eigenvalue weighted by Crippen LogP contribution is 2.19. The summed E-state index contributed by atoms with van der Waals surface area (Å²) in [5, 5.41) is 0. The van der Waals surface area contributed by atoms with Gasteiger partial charge in [0, 0.05) is 31.7 Å². The highest BCUT2D eigenvalue weighted by atomic mass is 127. The summed E-state index contributed by atoms with van der Waals surface area (Å²) in [4.78, 5) is 7.11. The van der Waals surface area contributed by atoms with E-state index in [0.29, 0.717) is 0 Å². The quantitative estimate of drug-likeness (QED) is 0.611. The fourth-order valence-corrected chi connectivity index (χ4v) is 2.90. The number of hydrogen-bond donors (Lipinski definition) is 0. The zero-order valence-corrected chi connectivity index (χ0v) is 12.3. The van der Waals surface area contributed by atoms with E-state index in [1.807, 2.05) is 0 Å². The first-order valence-corrected chi connectivity index (χ1v) is 7.30. The summed E-state index contributed by atoms with van der Waals surface area (Å²) < 4.78 is 1.10. The molecule has 0 N–H and O–H groups in total. The van der Waals surface area contributed by atoms with Crippen molar-refractivity contribution < 1.29 is 0 Å².